The third kappa shape index (κ3) is 4.12. The van der Waals surface area contributed by atoms with Gasteiger partial charge in [-0.15, -0.1) is 0 Å². The van der Waals surface area contributed by atoms with E-state index in [0.717, 1.165) is 42.9 Å². The third-order valence-electron chi connectivity index (χ3n) is 4.63. The van der Waals surface area contributed by atoms with E-state index in [4.69, 9.17) is 4.98 Å². The van der Waals surface area contributed by atoms with Gasteiger partial charge in [0.15, 0.2) is 0 Å². The van der Waals surface area contributed by atoms with Crippen LogP contribution in [-0.2, 0) is 6.18 Å². The molecule has 2 N–H and O–H groups in total. The maximum absolute atomic E-state index is 12.8. The van der Waals surface area contributed by atoms with Crippen molar-refractivity contribution in [3.8, 4) is 11.3 Å². The van der Waals surface area contributed by atoms with Crippen LogP contribution in [0.5, 0.6) is 0 Å². The Labute approximate surface area is 160 Å². The van der Waals surface area contributed by atoms with Crippen LogP contribution in [0.2, 0.25) is 0 Å². The predicted octanol–water partition coefficient (Wildman–Crippen LogP) is 4.38. The Hall–Kier alpha value is -3.00. The molecule has 1 aromatic carbocycles. The van der Waals surface area contributed by atoms with E-state index >= 15 is 0 Å². The molecule has 1 atom stereocenters. The predicted molar refractivity (Wildman–Crippen MR) is 100 cm³/mol. The van der Waals surface area contributed by atoms with Crippen molar-refractivity contribution in [1.82, 2.24) is 20.3 Å². The lowest BCUT2D eigenvalue weighted by molar-refractivity contribution is -0.137. The molecule has 0 spiro atoms. The summed E-state index contributed by atoms with van der Waals surface area (Å²) in [7, 11) is 0. The SMILES string of the molecule is FC(F)(F)c1ccc(Nc2cc(-c3ccncc3)nc([C@@H]3CCNC3)n2)cc1. The lowest BCUT2D eigenvalue weighted by Crippen LogP contribution is -2.11. The van der Waals surface area contributed by atoms with Crippen LogP contribution in [0.25, 0.3) is 11.3 Å². The largest absolute Gasteiger partial charge is 0.416 e. The molecule has 0 bridgehead atoms. The number of hydrogen-bond donors (Lipinski definition) is 2. The number of nitrogens with zero attached hydrogens (tertiary/aromatic N) is 3. The summed E-state index contributed by atoms with van der Waals surface area (Å²) in [6.07, 6.45) is -0.0292. The fourth-order valence-electron chi connectivity index (χ4n) is 3.15. The molecule has 28 heavy (non-hydrogen) atoms. The van der Waals surface area contributed by atoms with Crippen LogP contribution in [0, 0.1) is 0 Å². The average molecular weight is 385 g/mol. The van der Waals surface area contributed by atoms with Crippen molar-refractivity contribution < 1.29 is 13.2 Å². The van der Waals surface area contributed by atoms with Crippen molar-refractivity contribution in [2.24, 2.45) is 0 Å². The zero-order valence-electron chi connectivity index (χ0n) is 14.9. The van der Waals surface area contributed by atoms with Crippen molar-refractivity contribution in [2.45, 2.75) is 18.5 Å². The molecule has 8 heteroatoms. The van der Waals surface area contributed by atoms with E-state index in [1.54, 1.807) is 18.5 Å². The topological polar surface area (TPSA) is 62.7 Å². The number of nitrogens with one attached hydrogen (secondary N) is 2. The zero-order valence-corrected chi connectivity index (χ0v) is 14.9. The molecule has 0 unspecified atom stereocenters. The van der Waals surface area contributed by atoms with Crippen LogP contribution in [0.3, 0.4) is 0 Å². The van der Waals surface area contributed by atoms with E-state index in [1.807, 2.05) is 12.1 Å². The number of aromatic nitrogens is 3. The number of pyridine rings is 1. The molecule has 3 heterocycles. The van der Waals surface area contributed by atoms with Gasteiger partial charge < -0.3 is 10.6 Å². The van der Waals surface area contributed by atoms with E-state index in [0.29, 0.717) is 17.3 Å². The quantitative estimate of drug-likeness (QED) is 0.698. The standard InChI is InChI=1S/C20H18F3N5/c21-20(22,23)15-1-3-16(4-2-15)26-18-11-17(13-5-8-24-9-6-13)27-19(28-18)14-7-10-25-12-14/h1-6,8-9,11,14,25H,7,10,12H2,(H,26,27,28)/t14-/m1/s1. The first-order valence-corrected chi connectivity index (χ1v) is 8.93. The Morgan fingerprint density at radius 1 is 1.00 bits per heavy atom. The molecular formula is C20H18F3N5. The van der Waals surface area contributed by atoms with Crippen LogP contribution in [0.4, 0.5) is 24.7 Å². The van der Waals surface area contributed by atoms with Crippen molar-refractivity contribution in [3.63, 3.8) is 0 Å². The van der Waals surface area contributed by atoms with E-state index in [-0.39, 0.29) is 5.92 Å². The summed E-state index contributed by atoms with van der Waals surface area (Å²) < 4.78 is 38.3. The molecule has 1 aliphatic rings. The van der Waals surface area contributed by atoms with E-state index in [1.165, 1.54) is 12.1 Å². The number of halogens is 3. The minimum absolute atomic E-state index is 0.204. The zero-order chi connectivity index (χ0) is 19.6. The van der Waals surface area contributed by atoms with Gasteiger partial charge in [-0.3, -0.25) is 4.98 Å². The smallest absolute Gasteiger partial charge is 0.340 e. The highest BCUT2D eigenvalue weighted by Crippen LogP contribution is 2.31. The Balaban J connectivity index is 1.66. The summed E-state index contributed by atoms with van der Waals surface area (Å²) in [5, 5.41) is 6.40. The maximum atomic E-state index is 12.8. The first-order chi connectivity index (χ1) is 13.5. The summed E-state index contributed by atoms with van der Waals surface area (Å²) >= 11 is 0. The molecule has 4 rings (SSSR count). The molecule has 2 aromatic heterocycles. The normalized spacial score (nSPS) is 16.9. The number of rotatable bonds is 4. The first-order valence-electron chi connectivity index (χ1n) is 8.93. The molecule has 0 amide bonds. The summed E-state index contributed by atoms with van der Waals surface area (Å²) in [6, 6.07) is 10.4. The van der Waals surface area contributed by atoms with Crippen molar-refractivity contribution in [1.29, 1.82) is 0 Å². The van der Waals surface area contributed by atoms with Gasteiger partial charge in [-0.1, -0.05) is 0 Å². The van der Waals surface area contributed by atoms with Gasteiger partial charge in [0, 0.05) is 42.2 Å². The van der Waals surface area contributed by atoms with Crippen LogP contribution in [-0.4, -0.2) is 28.0 Å². The summed E-state index contributed by atoms with van der Waals surface area (Å²) in [5.74, 6) is 1.46. The van der Waals surface area contributed by atoms with Gasteiger partial charge in [0.1, 0.15) is 11.6 Å². The summed E-state index contributed by atoms with van der Waals surface area (Å²) in [4.78, 5) is 13.3. The van der Waals surface area contributed by atoms with Gasteiger partial charge in [0.05, 0.1) is 11.3 Å². The van der Waals surface area contributed by atoms with E-state index in [2.05, 4.69) is 20.6 Å². The Morgan fingerprint density at radius 2 is 1.75 bits per heavy atom. The number of alkyl halides is 3. The number of benzene rings is 1. The lowest BCUT2D eigenvalue weighted by atomic mass is 10.1. The second-order valence-corrected chi connectivity index (χ2v) is 6.62. The van der Waals surface area contributed by atoms with Gasteiger partial charge in [0.2, 0.25) is 0 Å². The fourth-order valence-corrected chi connectivity index (χ4v) is 3.15. The summed E-state index contributed by atoms with van der Waals surface area (Å²) in [6.45, 7) is 1.72. The van der Waals surface area contributed by atoms with Gasteiger partial charge >= 0.3 is 6.18 Å². The molecule has 3 aromatic rings. The van der Waals surface area contributed by atoms with Gasteiger partial charge in [-0.25, -0.2) is 9.97 Å². The highest BCUT2D eigenvalue weighted by Gasteiger charge is 2.30. The molecule has 5 nitrogen and oxygen atoms in total. The van der Waals surface area contributed by atoms with Gasteiger partial charge in [-0.2, -0.15) is 13.2 Å². The molecule has 144 valence electrons. The second-order valence-electron chi connectivity index (χ2n) is 6.62. The van der Waals surface area contributed by atoms with Crippen molar-refractivity contribution in [3.05, 3.63) is 66.2 Å². The number of hydrogen-bond acceptors (Lipinski definition) is 5. The molecule has 0 aliphatic carbocycles. The van der Waals surface area contributed by atoms with Crippen LogP contribution in [0.1, 0.15) is 23.7 Å². The van der Waals surface area contributed by atoms with Crippen molar-refractivity contribution in [2.75, 3.05) is 18.4 Å². The highest BCUT2D eigenvalue weighted by atomic mass is 19.4. The molecule has 0 radical (unpaired) electrons. The Kier molecular flexibility index (Phi) is 4.95. The molecule has 1 saturated heterocycles. The molecule has 1 fully saturated rings. The fraction of sp³-hybridized carbons (Fsp3) is 0.250. The third-order valence-corrected chi connectivity index (χ3v) is 4.63. The minimum atomic E-state index is -4.36. The van der Waals surface area contributed by atoms with Crippen molar-refractivity contribution >= 4 is 11.5 Å². The van der Waals surface area contributed by atoms with Gasteiger partial charge in [0.25, 0.3) is 0 Å². The van der Waals surface area contributed by atoms with Gasteiger partial charge in [-0.05, 0) is 49.4 Å². The monoisotopic (exact) mass is 385 g/mol. The maximum Gasteiger partial charge on any atom is 0.416 e. The Bertz CT molecular complexity index is 936. The number of anilines is 2. The lowest BCUT2D eigenvalue weighted by Gasteiger charge is -2.14. The summed E-state index contributed by atoms with van der Waals surface area (Å²) in [5.41, 5.74) is 1.49. The minimum Gasteiger partial charge on any atom is -0.340 e. The van der Waals surface area contributed by atoms with E-state index < -0.39 is 11.7 Å². The first kappa shape index (κ1) is 18.4. The van der Waals surface area contributed by atoms with Crippen LogP contribution >= 0.6 is 0 Å². The molecular weight excluding hydrogens is 367 g/mol. The highest BCUT2D eigenvalue weighted by molar-refractivity contribution is 5.65. The van der Waals surface area contributed by atoms with E-state index in [9.17, 15) is 13.2 Å². The average Bonchev–Trinajstić information content (AvgIpc) is 3.23. The second kappa shape index (κ2) is 7.55. The molecule has 0 saturated carbocycles. The van der Waals surface area contributed by atoms with Crippen LogP contribution < -0.4 is 10.6 Å². The van der Waals surface area contributed by atoms with Crippen LogP contribution in [0.15, 0.2) is 54.9 Å². The Morgan fingerprint density at radius 3 is 2.39 bits per heavy atom. The molecule has 1 aliphatic heterocycles.